The minimum atomic E-state index is 0.478. The first-order valence-corrected chi connectivity index (χ1v) is 4.14. The number of nitrogens with one attached hydrogen (secondary N) is 1. The van der Waals surface area contributed by atoms with Gasteiger partial charge in [-0.05, 0) is 18.4 Å². The second-order valence-electron chi connectivity index (χ2n) is 3.25. The Labute approximate surface area is 72.6 Å². The molecule has 0 saturated carbocycles. The number of hydrogen-bond acceptors (Lipinski definition) is 3. The van der Waals surface area contributed by atoms with Gasteiger partial charge in [-0.3, -0.25) is 0 Å². The van der Waals surface area contributed by atoms with Crippen molar-refractivity contribution in [3.63, 3.8) is 0 Å². The lowest BCUT2D eigenvalue weighted by Crippen LogP contribution is -2.02. The molecule has 0 saturated heterocycles. The molecule has 12 heavy (non-hydrogen) atoms. The van der Waals surface area contributed by atoms with Crippen LogP contribution in [-0.4, -0.2) is 6.61 Å². The highest BCUT2D eigenvalue weighted by Crippen LogP contribution is 2.21. The molecule has 1 aliphatic heterocycles. The normalized spacial score (nSPS) is 16.6. The summed E-state index contributed by atoms with van der Waals surface area (Å²) in [4.78, 5) is 0. The maximum atomic E-state index is 6.88. The van der Waals surface area contributed by atoms with Crippen LogP contribution in [0.25, 0.3) is 0 Å². The summed E-state index contributed by atoms with van der Waals surface area (Å²) >= 11 is 0. The summed E-state index contributed by atoms with van der Waals surface area (Å²) in [5, 5.41) is 3.34. The molecule has 0 atom stereocenters. The maximum Gasteiger partial charge on any atom is 0.236 e. The van der Waals surface area contributed by atoms with E-state index in [4.69, 9.17) is 10.3 Å². The van der Waals surface area contributed by atoms with Crippen molar-refractivity contribution < 1.29 is 4.74 Å². The molecule has 0 aromatic heterocycles. The molecule has 3 heteroatoms. The zero-order chi connectivity index (χ0) is 8.97. The fraction of sp³-hybridized carbons (Fsp3) is 0.556. The van der Waals surface area contributed by atoms with Crippen molar-refractivity contribution in [2.45, 2.75) is 20.3 Å². The molecule has 1 N–H and O–H groups in total. The summed E-state index contributed by atoms with van der Waals surface area (Å²) in [7, 11) is 0. The minimum absolute atomic E-state index is 0.478. The molecule has 1 rings (SSSR count). The zero-order valence-corrected chi connectivity index (χ0v) is 7.50. The Morgan fingerprint density at radius 2 is 2.42 bits per heavy atom. The van der Waals surface area contributed by atoms with Crippen LogP contribution < -0.4 is 0 Å². The second kappa shape index (κ2) is 4.04. The predicted molar refractivity (Wildman–Crippen MR) is 46.7 cm³/mol. The van der Waals surface area contributed by atoms with Crippen molar-refractivity contribution in [1.29, 1.82) is 5.53 Å². The fourth-order valence-electron chi connectivity index (χ4n) is 1.18. The number of nitrogens with zero attached hydrogens (tertiary/aromatic N) is 1. The quantitative estimate of drug-likeness (QED) is 0.644. The maximum absolute atomic E-state index is 6.88. The van der Waals surface area contributed by atoms with Crippen LogP contribution in [0.15, 0.2) is 28.7 Å². The Morgan fingerprint density at radius 1 is 1.67 bits per heavy atom. The highest BCUT2D eigenvalue weighted by molar-refractivity contribution is 5.24. The number of allylic oxidation sites excluding steroid dienone is 2. The van der Waals surface area contributed by atoms with Crippen molar-refractivity contribution in [2.24, 2.45) is 11.0 Å². The first-order valence-electron chi connectivity index (χ1n) is 4.14. The highest BCUT2D eigenvalue weighted by atomic mass is 16.5. The minimum Gasteiger partial charge on any atom is -0.472 e. The SMILES string of the molecule is CC(C)CC1=C(N=N)OCC=C1. The number of hydrogen-bond donors (Lipinski definition) is 1. The van der Waals surface area contributed by atoms with Crippen LogP contribution in [0.2, 0.25) is 0 Å². The van der Waals surface area contributed by atoms with Crippen LogP contribution in [0.4, 0.5) is 0 Å². The molecule has 1 aliphatic rings. The lowest BCUT2D eigenvalue weighted by molar-refractivity contribution is 0.229. The van der Waals surface area contributed by atoms with Crippen molar-refractivity contribution >= 4 is 0 Å². The lowest BCUT2D eigenvalue weighted by atomic mass is 10.0. The third kappa shape index (κ3) is 2.19. The first kappa shape index (κ1) is 8.97. The molecule has 66 valence electrons. The van der Waals surface area contributed by atoms with Gasteiger partial charge in [0.05, 0.1) is 0 Å². The molecule has 0 aliphatic carbocycles. The summed E-state index contributed by atoms with van der Waals surface area (Å²) in [5.41, 5.74) is 7.91. The van der Waals surface area contributed by atoms with Crippen LogP contribution in [0.1, 0.15) is 20.3 Å². The Balaban J connectivity index is 2.74. The van der Waals surface area contributed by atoms with Crippen molar-refractivity contribution in [1.82, 2.24) is 0 Å². The van der Waals surface area contributed by atoms with Gasteiger partial charge in [0.15, 0.2) is 0 Å². The molecule has 0 amide bonds. The van der Waals surface area contributed by atoms with E-state index in [1.54, 1.807) is 0 Å². The van der Waals surface area contributed by atoms with Gasteiger partial charge in [-0.2, -0.15) is 0 Å². The van der Waals surface area contributed by atoms with Gasteiger partial charge in [0.2, 0.25) is 5.88 Å². The standard InChI is InChI=1S/C9H14N2O/c1-7(2)6-8-4-3-5-12-9(8)11-10/h3-4,7,10H,5-6H2,1-2H3. The molecule has 0 unspecified atom stereocenters. The summed E-state index contributed by atoms with van der Waals surface area (Å²) in [5.74, 6) is 1.05. The summed E-state index contributed by atoms with van der Waals surface area (Å²) < 4.78 is 5.18. The van der Waals surface area contributed by atoms with Gasteiger partial charge in [-0.1, -0.05) is 19.9 Å². The summed E-state index contributed by atoms with van der Waals surface area (Å²) in [6, 6.07) is 0. The van der Waals surface area contributed by atoms with Gasteiger partial charge in [0.1, 0.15) is 6.61 Å². The van der Waals surface area contributed by atoms with Gasteiger partial charge in [-0.15, -0.1) is 5.11 Å². The van der Waals surface area contributed by atoms with E-state index in [0.29, 0.717) is 18.4 Å². The monoisotopic (exact) mass is 166 g/mol. The molecule has 3 nitrogen and oxygen atoms in total. The van der Waals surface area contributed by atoms with E-state index < -0.39 is 0 Å². The van der Waals surface area contributed by atoms with Gasteiger partial charge < -0.3 is 4.74 Å². The van der Waals surface area contributed by atoms with Crippen LogP contribution in [0.3, 0.4) is 0 Å². The predicted octanol–water partition coefficient (Wildman–Crippen LogP) is 2.86. The van der Waals surface area contributed by atoms with Gasteiger partial charge >= 0.3 is 0 Å². The molecular formula is C9H14N2O. The molecular weight excluding hydrogens is 152 g/mol. The smallest absolute Gasteiger partial charge is 0.236 e. The molecule has 0 aromatic carbocycles. The van der Waals surface area contributed by atoms with E-state index in [-0.39, 0.29) is 0 Å². The Kier molecular flexibility index (Phi) is 3.02. The fourth-order valence-corrected chi connectivity index (χ4v) is 1.18. The molecule has 0 bridgehead atoms. The molecule has 0 radical (unpaired) electrons. The molecule has 1 heterocycles. The first-order chi connectivity index (χ1) is 5.74. The van der Waals surface area contributed by atoms with Crippen molar-refractivity contribution in [3.8, 4) is 0 Å². The third-order valence-electron chi connectivity index (χ3n) is 1.64. The van der Waals surface area contributed by atoms with E-state index in [0.717, 1.165) is 12.0 Å². The van der Waals surface area contributed by atoms with E-state index in [9.17, 15) is 0 Å². The van der Waals surface area contributed by atoms with Crippen molar-refractivity contribution in [3.05, 3.63) is 23.6 Å². The van der Waals surface area contributed by atoms with E-state index >= 15 is 0 Å². The van der Waals surface area contributed by atoms with E-state index in [1.807, 2.05) is 12.2 Å². The summed E-state index contributed by atoms with van der Waals surface area (Å²) in [6.45, 7) is 4.81. The average Bonchev–Trinajstić information content (AvgIpc) is 2.04. The highest BCUT2D eigenvalue weighted by Gasteiger charge is 2.09. The number of rotatable bonds is 3. The topological polar surface area (TPSA) is 45.4 Å². The Bertz CT molecular complexity index is 229. The van der Waals surface area contributed by atoms with Gasteiger partial charge in [-0.25, -0.2) is 5.53 Å². The van der Waals surface area contributed by atoms with Gasteiger partial charge in [0.25, 0.3) is 0 Å². The number of ether oxygens (including phenoxy) is 1. The second-order valence-corrected chi connectivity index (χ2v) is 3.25. The van der Waals surface area contributed by atoms with E-state index in [2.05, 4.69) is 19.0 Å². The largest absolute Gasteiger partial charge is 0.472 e. The Morgan fingerprint density at radius 3 is 3.00 bits per heavy atom. The van der Waals surface area contributed by atoms with Crippen LogP contribution in [-0.2, 0) is 4.74 Å². The Hall–Kier alpha value is -1.12. The summed E-state index contributed by atoms with van der Waals surface area (Å²) in [6.07, 6.45) is 4.87. The van der Waals surface area contributed by atoms with Crippen LogP contribution in [0, 0.1) is 11.4 Å². The molecule has 0 spiro atoms. The third-order valence-corrected chi connectivity index (χ3v) is 1.64. The molecule has 0 fully saturated rings. The van der Waals surface area contributed by atoms with E-state index in [1.165, 1.54) is 0 Å². The van der Waals surface area contributed by atoms with Crippen LogP contribution in [0.5, 0.6) is 0 Å². The lowest BCUT2D eigenvalue weighted by Gasteiger charge is -2.13. The van der Waals surface area contributed by atoms with Crippen molar-refractivity contribution in [2.75, 3.05) is 6.61 Å². The van der Waals surface area contributed by atoms with Gasteiger partial charge in [0, 0.05) is 5.57 Å². The van der Waals surface area contributed by atoms with Crippen LogP contribution >= 0.6 is 0 Å². The molecule has 0 aromatic rings. The average molecular weight is 166 g/mol. The zero-order valence-electron chi connectivity index (χ0n) is 7.50.